The first-order valence-electron chi connectivity index (χ1n) is 11.3. The minimum absolute atomic E-state index is 0.102. The molecule has 0 spiro atoms. The molecular weight excluding hydrogens is 459 g/mol. The highest BCUT2D eigenvalue weighted by molar-refractivity contribution is 7.13. The smallest absolute Gasteiger partial charge is 0.232 e. The van der Waals surface area contributed by atoms with E-state index in [1.807, 2.05) is 78.4 Å². The Morgan fingerprint density at radius 3 is 2.57 bits per heavy atom. The molecule has 1 unspecified atom stereocenters. The van der Waals surface area contributed by atoms with E-state index in [0.717, 1.165) is 27.9 Å². The second kappa shape index (κ2) is 9.07. The molecule has 1 amide bonds. The molecule has 0 aliphatic carbocycles. The summed E-state index contributed by atoms with van der Waals surface area (Å²) in [7, 11) is 0. The summed E-state index contributed by atoms with van der Waals surface area (Å²) < 4.78 is 15.8. The topological polar surface area (TPSA) is 59.3 Å². The van der Waals surface area contributed by atoms with Gasteiger partial charge in [-0.3, -0.25) is 4.79 Å². The van der Waals surface area contributed by atoms with E-state index in [4.69, 9.17) is 0 Å². The SMILES string of the molecule is Cc1cc(-c2ncn3cc(C(c4ccccc4)C(C)(C)C(=O)Nc4nccs4)ccc23)ccc1F. The van der Waals surface area contributed by atoms with Gasteiger partial charge in [-0.2, -0.15) is 0 Å². The number of halogens is 1. The number of carbonyl (C=O) groups is 1. The second-order valence-corrected chi connectivity index (χ2v) is 10.1. The van der Waals surface area contributed by atoms with Gasteiger partial charge in [0.2, 0.25) is 5.91 Å². The van der Waals surface area contributed by atoms with Crippen LogP contribution in [0.15, 0.2) is 84.8 Å². The average Bonchev–Trinajstić information content (AvgIpc) is 3.51. The second-order valence-electron chi connectivity index (χ2n) is 9.17. The van der Waals surface area contributed by atoms with Crippen molar-refractivity contribution in [2.24, 2.45) is 5.41 Å². The molecule has 1 N–H and O–H groups in total. The van der Waals surface area contributed by atoms with E-state index in [1.54, 1.807) is 25.5 Å². The number of amides is 1. The van der Waals surface area contributed by atoms with Crippen molar-refractivity contribution in [2.45, 2.75) is 26.7 Å². The zero-order valence-corrected chi connectivity index (χ0v) is 20.5. The number of carbonyl (C=O) groups excluding carboxylic acids is 1. The molecule has 0 bridgehead atoms. The van der Waals surface area contributed by atoms with E-state index in [-0.39, 0.29) is 17.6 Å². The van der Waals surface area contributed by atoms with Crippen LogP contribution >= 0.6 is 11.3 Å². The van der Waals surface area contributed by atoms with Crippen LogP contribution in [-0.4, -0.2) is 20.3 Å². The van der Waals surface area contributed by atoms with E-state index in [1.165, 1.54) is 17.4 Å². The molecule has 2 aromatic carbocycles. The Morgan fingerprint density at radius 2 is 1.86 bits per heavy atom. The number of fused-ring (bicyclic) bond motifs is 1. The maximum absolute atomic E-state index is 13.8. The highest BCUT2D eigenvalue weighted by Crippen LogP contribution is 2.42. The van der Waals surface area contributed by atoms with Gasteiger partial charge in [-0.15, -0.1) is 11.3 Å². The largest absolute Gasteiger partial charge is 0.305 e. The summed E-state index contributed by atoms with van der Waals surface area (Å²) in [6, 6.07) is 19.1. The maximum Gasteiger partial charge on any atom is 0.232 e. The minimum atomic E-state index is -0.780. The third-order valence-electron chi connectivity index (χ3n) is 6.41. The molecule has 3 heterocycles. The standard InChI is InChI=1S/C28H25FN4OS/c1-18-15-20(9-11-22(18)29)25-23-12-10-21(16-33(23)17-31-25)24(19-7-5-4-6-8-19)28(2,3)26(34)32-27-30-13-14-35-27/h4-17,24H,1-3H3,(H,30,32,34). The molecule has 35 heavy (non-hydrogen) atoms. The molecule has 0 radical (unpaired) electrons. The average molecular weight is 485 g/mol. The van der Waals surface area contributed by atoms with Gasteiger partial charge >= 0.3 is 0 Å². The highest BCUT2D eigenvalue weighted by Gasteiger charge is 2.39. The number of imidazole rings is 1. The summed E-state index contributed by atoms with van der Waals surface area (Å²) in [6.07, 6.45) is 5.46. The van der Waals surface area contributed by atoms with Crippen LogP contribution in [0.5, 0.6) is 0 Å². The summed E-state index contributed by atoms with van der Waals surface area (Å²) in [5.41, 5.74) is 4.40. The molecular formula is C28H25FN4OS. The Hall–Kier alpha value is -3.84. The van der Waals surface area contributed by atoms with Crippen molar-refractivity contribution in [3.05, 3.63) is 107 Å². The lowest BCUT2D eigenvalue weighted by molar-refractivity contribution is -0.124. The van der Waals surface area contributed by atoms with Crippen LogP contribution in [0, 0.1) is 18.2 Å². The Labute approximate surface area is 207 Å². The van der Waals surface area contributed by atoms with Gasteiger partial charge in [-0.1, -0.05) is 50.2 Å². The number of anilines is 1. The van der Waals surface area contributed by atoms with Crippen LogP contribution in [0.25, 0.3) is 16.8 Å². The fraction of sp³-hybridized carbons (Fsp3) is 0.179. The number of pyridine rings is 1. The summed E-state index contributed by atoms with van der Waals surface area (Å²) in [6.45, 7) is 5.66. The Balaban J connectivity index is 1.57. The number of hydrogen-bond acceptors (Lipinski definition) is 4. The number of hydrogen-bond donors (Lipinski definition) is 1. The van der Waals surface area contributed by atoms with Crippen molar-refractivity contribution in [2.75, 3.05) is 5.32 Å². The molecule has 0 saturated carbocycles. The normalized spacial score (nSPS) is 12.6. The fourth-order valence-electron chi connectivity index (χ4n) is 4.55. The van der Waals surface area contributed by atoms with Crippen molar-refractivity contribution in [1.29, 1.82) is 0 Å². The van der Waals surface area contributed by atoms with Crippen LogP contribution in [-0.2, 0) is 4.79 Å². The van der Waals surface area contributed by atoms with E-state index < -0.39 is 5.41 Å². The van der Waals surface area contributed by atoms with Gasteiger partial charge in [-0.05, 0) is 47.9 Å². The van der Waals surface area contributed by atoms with Gasteiger partial charge in [0.05, 0.1) is 23.0 Å². The first kappa shape index (κ1) is 22.9. The highest BCUT2D eigenvalue weighted by atomic mass is 32.1. The summed E-state index contributed by atoms with van der Waals surface area (Å²) in [5, 5.41) is 5.39. The fourth-order valence-corrected chi connectivity index (χ4v) is 5.07. The molecule has 5 rings (SSSR count). The first-order chi connectivity index (χ1) is 16.8. The first-order valence-corrected chi connectivity index (χ1v) is 12.2. The zero-order valence-electron chi connectivity index (χ0n) is 19.7. The molecule has 3 aromatic heterocycles. The molecule has 0 aliphatic heterocycles. The van der Waals surface area contributed by atoms with E-state index in [0.29, 0.717) is 10.7 Å². The van der Waals surface area contributed by atoms with Gasteiger partial charge in [-0.25, -0.2) is 14.4 Å². The molecule has 5 aromatic rings. The number of nitrogens with one attached hydrogen (secondary N) is 1. The van der Waals surface area contributed by atoms with Crippen LogP contribution in [0.1, 0.15) is 36.5 Å². The Kier molecular flexibility index (Phi) is 5.94. The number of nitrogens with zero attached hydrogens (tertiary/aromatic N) is 3. The molecule has 7 heteroatoms. The lowest BCUT2D eigenvalue weighted by Gasteiger charge is -2.33. The third-order valence-corrected chi connectivity index (χ3v) is 7.10. The maximum atomic E-state index is 13.8. The molecule has 176 valence electrons. The van der Waals surface area contributed by atoms with E-state index in [9.17, 15) is 9.18 Å². The number of rotatable bonds is 6. The number of aromatic nitrogens is 3. The predicted molar refractivity (Wildman–Crippen MR) is 138 cm³/mol. The minimum Gasteiger partial charge on any atom is -0.305 e. The Morgan fingerprint density at radius 1 is 1.06 bits per heavy atom. The lowest BCUT2D eigenvalue weighted by atomic mass is 9.71. The summed E-state index contributed by atoms with van der Waals surface area (Å²) in [4.78, 5) is 22.3. The van der Waals surface area contributed by atoms with Gasteiger partial charge in [0.1, 0.15) is 5.82 Å². The zero-order chi connectivity index (χ0) is 24.6. The molecule has 5 nitrogen and oxygen atoms in total. The number of thiazole rings is 1. The van der Waals surface area contributed by atoms with Gasteiger partial charge < -0.3 is 9.72 Å². The molecule has 0 aliphatic rings. The predicted octanol–water partition coefficient (Wildman–Crippen LogP) is 6.70. The van der Waals surface area contributed by atoms with Crippen molar-refractivity contribution in [3.8, 4) is 11.3 Å². The quantitative estimate of drug-likeness (QED) is 0.292. The van der Waals surface area contributed by atoms with Crippen molar-refractivity contribution in [1.82, 2.24) is 14.4 Å². The van der Waals surface area contributed by atoms with Crippen LogP contribution in [0.2, 0.25) is 0 Å². The monoisotopic (exact) mass is 484 g/mol. The number of benzene rings is 2. The molecule has 1 atom stereocenters. The third kappa shape index (κ3) is 4.35. The number of aryl methyl sites for hydroxylation is 1. The van der Waals surface area contributed by atoms with E-state index in [2.05, 4.69) is 15.3 Å². The van der Waals surface area contributed by atoms with Crippen LogP contribution < -0.4 is 5.32 Å². The van der Waals surface area contributed by atoms with Crippen molar-refractivity contribution < 1.29 is 9.18 Å². The lowest BCUT2D eigenvalue weighted by Crippen LogP contribution is -2.37. The van der Waals surface area contributed by atoms with Gasteiger partial charge in [0, 0.05) is 29.3 Å². The van der Waals surface area contributed by atoms with Gasteiger partial charge in [0.25, 0.3) is 0 Å². The molecule has 0 fully saturated rings. The van der Waals surface area contributed by atoms with Crippen molar-refractivity contribution in [3.63, 3.8) is 0 Å². The summed E-state index contributed by atoms with van der Waals surface area (Å²) in [5.74, 6) is -0.551. The van der Waals surface area contributed by atoms with Crippen LogP contribution in [0.4, 0.5) is 9.52 Å². The Bertz CT molecular complexity index is 1490. The molecule has 0 saturated heterocycles. The summed E-state index contributed by atoms with van der Waals surface area (Å²) >= 11 is 1.40. The van der Waals surface area contributed by atoms with Crippen molar-refractivity contribution >= 4 is 27.9 Å². The van der Waals surface area contributed by atoms with E-state index >= 15 is 0 Å². The van der Waals surface area contributed by atoms with Crippen LogP contribution in [0.3, 0.4) is 0 Å². The van der Waals surface area contributed by atoms with Gasteiger partial charge in [0.15, 0.2) is 5.13 Å².